The first-order chi connectivity index (χ1) is 9.11. The number of pyridine rings is 1. The van der Waals surface area contributed by atoms with Crippen LogP contribution in [0.3, 0.4) is 0 Å². The van der Waals surface area contributed by atoms with Crippen LogP contribution in [-0.2, 0) is 6.42 Å². The average molecular weight is 296 g/mol. The molecule has 0 fully saturated rings. The molecule has 0 bridgehead atoms. The van der Waals surface area contributed by atoms with E-state index in [1.165, 1.54) is 12.1 Å². The first-order valence-corrected chi connectivity index (χ1v) is 6.32. The largest absolute Gasteiger partial charge is 0.340 e. The summed E-state index contributed by atoms with van der Waals surface area (Å²) in [5, 5.41) is 0.591. The minimum Gasteiger partial charge on any atom is -0.340 e. The molecule has 3 nitrogen and oxygen atoms in total. The molecule has 0 amide bonds. The van der Waals surface area contributed by atoms with E-state index in [0.29, 0.717) is 28.4 Å². The van der Waals surface area contributed by atoms with Gasteiger partial charge in [-0.15, -0.1) is 0 Å². The summed E-state index contributed by atoms with van der Waals surface area (Å²) >= 11 is 11.7. The van der Waals surface area contributed by atoms with E-state index in [9.17, 15) is 4.39 Å². The first kappa shape index (κ1) is 12.4. The van der Waals surface area contributed by atoms with Crippen LogP contribution in [0.15, 0.2) is 30.3 Å². The van der Waals surface area contributed by atoms with Gasteiger partial charge in [0, 0.05) is 6.42 Å². The highest BCUT2D eigenvalue weighted by molar-refractivity contribution is 6.41. The second-order valence-corrected chi connectivity index (χ2v) is 4.89. The Balaban J connectivity index is 1.97. The van der Waals surface area contributed by atoms with Gasteiger partial charge in [-0.1, -0.05) is 35.3 Å². The van der Waals surface area contributed by atoms with Crippen molar-refractivity contribution >= 4 is 34.4 Å². The summed E-state index contributed by atoms with van der Waals surface area (Å²) < 4.78 is 13.1. The molecule has 0 aliphatic heterocycles. The van der Waals surface area contributed by atoms with Crippen molar-refractivity contribution in [2.75, 3.05) is 0 Å². The van der Waals surface area contributed by atoms with Crippen molar-refractivity contribution in [3.05, 3.63) is 57.7 Å². The summed E-state index contributed by atoms with van der Waals surface area (Å²) in [5.41, 5.74) is 2.04. The number of hydrogen-bond acceptors (Lipinski definition) is 2. The standard InChI is InChI=1S/C13H8Cl2FN3/c14-9-6-10-13(19-12(9)15)18-11(17-10)5-7-2-1-3-8(16)4-7/h1-4,6H,5H2,(H,17,18,19). The van der Waals surface area contributed by atoms with Crippen molar-refractivity contribution < 1.29 is 4.39 Å². The monoisotopic (exact) mass is 295 g/mol. The number of rotatable bonds is 2. The maximum absolute atomic E-state index is 13.1. The fraction of sp³-hybridized carbons (Fsp3) is 0.0769. The van der Waals surface area contributed by atoms with Crippen molar-refractivity contribution in [1.82, 2.24) is 15.0 Å². The van der Waals surface area contributed by atoms with E-state index in [2.05, 4.69) is 15.0 Å². The van der Waals surface area contributed by atoms with Gasteiger partial charge < -0.3 is 4.98 Å². The molecule has 96 valence electrons. The van der Waals surface area contributed by atoms with Crippen LogP contribution in [0.25, 0.3) is 11.2 Å². The molecular formula is C13H8Cl2FN3. The fourth-order valence-corrected chi connectivity index (χ4v) is 2.16. The lowest BCUT2D eigenvalue weighted by Crippen LogP contribution is -1.91. The smallest absolute Gasteiger partial charge is 0.179 e. The second kappa shape index (κ2) is 4.79. The first-order valence-electron chi connectivity index (χ1n) is 5.57. The number of nitrogens with zero attached hydrogens (tertiary/aromatic N) is 2. The molecule has 2 heterocycles. The molecule has 2 aromatic heterocycles. The summed E-state index contributed by atoms with van der Waals surface area (Å²) in [4.78, 5) is 11.5. The lowest BCUT2D eigenvalue weighted by molar-refractivity contribution is 0.626. The maximum atomic E-state index is 13.1. The number of aromatic nitrogens is 3. The van der Waals surface area contributed by atoms with E-state index in [0.717, 1.165) is 5.56 Å². The molecule has 19 heavy (non-hydrogen) atoms. The fourth-order valence-electron chi connectivity index (χ4n) is 1.87. The van der Waals surface area contributed by atoms with Crippen LogP contribution in [0, 0.1) is 5.82 Å². The summed E-state index contributed by atoms with van der Waals surface area (Å²) in [6.07, 6.45) is 0.489. The van der Waals surface area contributed by atoms with Gasteiger partial charge in [0.1, 0.15) is 16.8 Å². The Morgan fingerprint density at radius 2 is 2.00 bits per heavy atom. The van der Waals surface area contributed by atoms with Gasteiger partial charge in [0.25, 0.3) is 0 Å². The Morgan fingerprint density at radius 3 is 2.79 bits per heavy atom. The van der Waals surface area contributed by atoms with Crippen LogP contribution in [-0.4, -0.2) is 15.0 Å². The third kappa shape index (κ3) is 2.55. The van der Waals surface area contributed by atoms with Gasteiger partial charge in [0.2, 0.25) is 0 Å². The van der Waals surface area contributed by atoms with Crippen molar-refractivity contribution in [2.45, 2.75) is 6.42 Å². The molecule has 0 saturated heterocycles. The van der Waals surface area contributed by atoms with Gasteiger partial charge in [0.15, 0.2) is 5.65 Å². The number of hydrogen-bond donors (Lipinski definition) is 1. The lowest BCUT2D eigenvalue weighted by atomic mass is 10.1. The topological polar surface area (TPSA) is 41.6 Å². The molecular weight excluding hydrogens is 288 g/mol. The van der Waals surface area contributed by atoms with E-state index >= 15 is 0 Å². The number of benzene rings is 1. The zero-order valence-electron chi connectivity index (χ0n) is 9.62. The number of nitrogens with one attached hydrogen (secondary N) is 1. The van der Waals surface area contributed by atoms with E-state index < -0.39 is 0 Å². The minimum atomic E-state index is -0.266. The molecule has 1 aromatic carbocycles. The summed E-state index contributed by atoms with van der Waals surface area (Å²) in [5.74, 6) is 0.421. The lowest BCUT2D eigenvalue weighted by Gasteiger charge is -1.97. The van der Waals surface area contributed by atoms with E-state index in [-0.39, 0.29) is 11.0 Å². The summed E-state index contributed by atoms with van der Waals surface area (Å²) in [7, 11) is 0. The molecule has 0 radical (unpaired) electrons. The van der Waals surface area contributed by atoms with Crippen LogP contribution in [0.5, 0.6) is 0 Å². The van der Waals surface area contributed by atoms with Crippen molar-refractivity contribution in [3.63, 3.8) is 0 Å². The number of aromatic amines is 1. The Labute approximate surface area is 118 Å². The molecule has 1 N–H and O–H groups in total. The predicted molar refractivity (Wildman–Crippen MR) is 73.1 cm³/mol. The van der Waals surface area contributed by atoms with E-state index in [1.54, 1.807) is 12.1 Å². The van der Waals surface area contributed by atoms with Gasteiger partial charge in [-0.3, -0.25) is 0 Å². The van der Waals surface area contributed by atoms with E-state index in [4.69, 9.17) is 23.2 Å². The summed E-state index contributed by atoms with van der Waals surface area (Å²) in [6, 6.07) is 8.06. The maximum Gasteiger partial charge on any atom is 0.179 e. The van der Waals surface area contributed by atoms with Crippen LogP contribution in [0.1, 0.15) is 11.4 Å². The molecule has 3 aromatic rings. The SMILES string of the molecule is Fc1cccc(Cc2nc3nc(Cl)c(Cl)cc3[nH]2)c1. The van der Waals surface area contributed by atoms with Crippen LogP contribution in [0.4, 0.5) is 4.39 Å². The Bertz CT molecular complexity index is 716. The third-order valence-corrected chi connectivity index (χ3v) is 3.37. The van der Waals surface area contributed by atoms with Crippen LogP contribution in [0.2, 0.25) is 10.2 Å². The second-order valence-electron chi connectivity index (χ2n) is 4.12. The molecule has 0 atom stereocenters. The van der Waals surface area contributed by atoms with E-state index in [1.807, 2.05) is 6.07 Å². The molecule has 0 aliphatic carbocycles. The molecule has 0 unspecified atom stereocenters. The van der Waals surface area contributed by atoms with Gasteiger partial charge >= 0.3 is 0 Å². The highest BCUT2D eigenvalue weighted by atomic mass is 35.5. The molecule has 0 saturated carbocycles. The van der Waals surface area contributed by atoms with Crippen LogP contribution >= 0.6 is 23.2 Å². The van der Waals surface area contributed by atoms with Gasteiger partial charge in [-0.25, -0.2) is 14.4 Å². The Kier molecular flexibility index (Phi) is 3.12. The van der Waals surface area contributed by atoms with Crippen LogP contribution < -0.4 is 0 Å². The quantitative estimate of drug-likeness (QED) is 0.726. The van der Waals surface area contributed by atoms with Gasteiger partial charge in [-0.2, -0.15) is 0 Å². The van der Waals surface area contributed by atoms with Gasteiger partial charge in [-0.05, 0) is 23.8 Å². The zero-order chi connectivity index (χ0) is 13.4. The number of imidazole rings is 1. The van der Waals surface area contributed by atoms with Crippen molar-refractivity contribution in [3.8, 4) is 0 Å². The average Bonchev–Trinajstić information content (AvgIpc) is 2.71. The zero-order valence-corrected chi connectivity index (χ0v) is 11.1. The molecule has 6 heteroatoms. The Morgan fingerprint density at radius 1 is 1.16 bits per heavy atom. The van der Waals surface area contributed by atoms with Crippen molar-refractivity contribution in [2.24, 2.45) is 0 Å². The highest BCUT2D eigenvalue weighted by Gasteiger charge is 2.08. The predicted octanol–water partition coefficient (Wildman–Crippen LogP) is 3.99. The number of halogens is 3. The molecule has 3 rings (SSSR count). The summed E-state index contributed by atoms with van der Waals surface area (Å²) in [6.45, 7) is 0. The highest BCUT2D eigenvalue weighted by Crippen LogP contribution is 2.23. The molecule has 0 spiro atoms. The third-order valence-electron chi connectivity index (χ3n) is 2.69. The Hall–Kier alpha value is -1.65. The number of fused-ring (bicyclic) bond motifs is 1. The minimum absolute atomic E-state index is 0.220. The number of H-pyrrole nitrogens is 1. The normalized spacial score (nSPS) is 11.1. The molecule has 0 aliphatic rings. The van der Waals surface area contributed by atoms with Gasteiger partial charge in [0.05, 0.1) is 10.5 Å². The van der Waals surface area contributed by atoms with Crippen molar-refractivity contribution in [1.29, 1.82) is 0 Å².